The molecule has 0 aliphatic carbocycles. The molecule has 2 rings (SSSR count). The summed E-state index contributed by atoms with van der Waals surface area (Å²) in [6, 6.07) is 6.74. The first kappa shape index (κ1) is 12.0. The number of carbonyl (C=O) groups is 1. The predicted molar refractivity (Wildman–Crippen MR) is 62.6 cm³/mol. The molecule has 18 heavy (non-hydrogen) atoms. The Morgan fingerprint density at radius 3 is 2.72 bits per heavy atom. The molecule has 1 N–H and O–H groups in total. The molecule has 0 radical (unpaired) electrons. The minimum atomic E-state index is -0.546. The highest BCUT2D eigenvalue weighted by molar-refractivity contribution is 5.90. The number of carbonyl (C=O) groups excluding carboxylic acids is 1. The van der Waals surface area contributed by atoms with Crippen molar-refractivity contribution in [1.82, 2.24) is 4.98 Å². The maximum Gasteiger partial charge on any atom is 0.337 e. The SMILES string of the molecule is COC(=O)c1ccc(F)c(-c2ccc(O)cn2)c1. The summed E-state index contributed by atoms with van der Waals surface area (Å²) in [5.41, 5.74) is 0.748. The van der Waals surface area contributed by atoms with Gasteiger partial charge in [-0.1, -0.05) is 0 Å². The summed E-state index contributed by atoms with van der Waals surface area (Å²) >= 11 is 0. The van der Waals surface area contributed by atoms with E-state index in [0.29, 0.717) is 5.69 Å². The quantitative estimate of drug-likeness (QED) is 0.828. The van der Waals surface area contributed by atoms with Gasteiger partial charge in [0.1, 0.15) is 11.6 Å². The first-order chi connectivity index (χ1) is 8.61. The average molecular weight is 247 g/mol. The third-order valence-electron chi connectivity index (χ3n) is 2.41. The van der Waals surface area contributed by atoms with Gasteiger partial charge in [-0.25, -0.2) is 9.18 Å². The molecule has 5 heteroatoms. The molecule has 0 atom stereocenters. The van der Waals surface area contributed by atoms with E-state index in [1.165, 1.54) is 43.6 Å². The van der Waals surface area contributed by atoms with Crippen LogP contribution in [0.4, 0.5) is 4.39 Å². The van der Waals surface area contributed by atoms with Crippen molar-refractivity contribution in [3.05, 3.63) is 47.9 Å². The van der Waals surface area contributed by atoms with Gasteiger partial charge >= 0.3 is 5.97 Å². The van der Waals surface area contributed by atoms with Crippen LogP contribution in [-0.4, -0.2) is 23.2 Å². The zero-order valence-electron chi connectivity index (χ0n) is 9.55. The van der Waals surface area contributed by atoms with Crippen LogP contribution in [0.2, 0.25) is 0 Å². The molecule has 0 saturated carbocycles. The highest BCUT2D eigenvalue weighted by atomic mass is 19.1. The number of hydrogen-bond donors (Lipinski definition) is 1. The summed E-state index contributed by atoms with van der Waals surface area (Å²) in [6.07, 6.45) is 1.21. The van der Waals surface area contributed by atoms with E-state index in [1.54, 1.807) is 0 Å². The molecule has 0 saturated heterocycles. The topological polar surface area (TPSA) is 59.4 Å². The molecule has 0 unspecified atom stereocenters. The van der Waals surface area contributed by atoms with Crippen LogP contribution in [0.1, 0.15) is 10.4 Å². The second-order valence-electron chi connectivity index (χ2n) is 3.59. The second kappa shape index (κ2) is 4.83. The summed E-state index contributed by atoms with van der Waals surface area (Å²) in [5, 5.41) is 9.12. The van der Waals surface area contributed by atoms with Crippen molar-refractivity contribution in [1.29, 1.82) is 0 Å². The molecule has 1 aromatic heterocycles. The minimum absolute atomic E-state index is 0.0109. The fraction of sp³-hybridized carbons (Fsp3) is 0.0769. The van der Waals surface area contributed by atoms with Crippen molar-refractivity contribution in [3.8, 4) is 17.0 Å². The Morgan fingerprint density at radius 2 is 2.11 bits per heavy atom. The lowest BCUT2D eigenvalue weighted by molar-refractivity contribution is 0.0600. The molecule has 92 valence electrons. The van der Waals surface area contributed by atoms with Crippen LogP contribution in [0.25, 0.3) is 11.3 Å². The lowest BCUT2D eigenvalue weighted by Gasteiger charge is -2.05. The van der Waals surface area contributed by atoms with Gasteiger partial charge in [0.2, 0.25) is 0 Å². The maximum absolute atomic E-state index is 13.7. The van der Waals surface area contributed by atoms with Crippen LogP contribution in [0.5, 0.6) is 5.75 Å². The summed E-state index contributed by atoms with van der Waals surface area (Å²) < 4.78 is 18.2. The number of methoxy groups -OCH3 is 1. The smallest absolute Gasteiger partial charge is 0.337 e. The standard InChI is InChI=1S/C13H10FNO3/c1-18-13(17)8-2-4-11(14)10(6-8)12-5-3-9(16)7-15-12/h2-7,16H,1H3. The molecule has 0 spiro atoms. The van der Waals surface area contributed by atoms with Crippen molar-refractivity contribution in [2.75, 3.05) is 7.11 Å². The number of aromatic hydroxyl groups is 1. The Morgan fingerprint density at radius 1 is 1.33 bits per heavy atom. The van der Waals surface area contributed by atoms with Gasteiger partial charge in [0, 0.05) is 5.56 Å². The van der Waals surface area contributed by atoms with Crippen LogP contribution >= 0.6 is 0 Å². The first-order valence-electron chi connectivity index (χ1n) is 5.15. The highest BCUT2D eigenvalue weighted by Gasteiger charge is 2.12. The molecule has 1 aromatic carbocycles. The molecule has 0 aliphatic rings. The lowest BCUT2D eigenvalue weighted by Crippen LogP contribution is -2.02. The van der Waals surface area contributed by atoms with Crippen molar-refractivity contribution in [2.24, 2.45) is 0 Å². The molecule has 4 nitrogen and oxygen atoms in total. The van der Waals surface area contributed by atoms with Crippen LogP contribution in [0.15, 0.2) is 36.5 Å². The Hall–Kier alpha value is -2.43. The number of esters is 1. The van der Waals surface area contributed by atoms with Gasteiger partial charge in [0.15, 0.2) is 0 Å². The number of benzene rings is 1. The molecule has 0 aliphatic heterocycles. The number of nitrogens with zero attached hydrogens (tertiary/aromatic N) is 1. The van der Waals surface area contributed by atoms with Crippen LogP contribution < -0.4 is 0 Å². The molecule has 2 aromatic rings. The molecule has 0 amide bonds. The Bertz CT molecular complexity index is 581. The average Bonchev–Trinajstić information content (AvgIpc) is 2.39. The molecular formula is C13H10FNO3. The van der Waals surface area contributed by atoms with Gasteiger partial charge in [-0.2, -0.15) is 0 Å². The largest absolute Gasteiger partial charge is 0.506 e. The highest BCUT2D eigenvalue weighted by Crippen LogP contribution is 2.23. The minimum Gasteiger partial charge on any atom is -0.506 e. The monoisotopic (exact) mass is 247 g/mol. The van der Waals surface area contributed by atoms with Gasteiger partial charge in [0.05, 0.1) is 24.6 Å². The van der Waals surface area contributed by atoms with Crippen molar-refractivity contribution in [3.63, 3.8) is 0 Å². The number of halogens is 1. The lowest BCUT2D eigenvalue weighted by atomic mass is 10.1. The number of aromatic nitrogens is 1. The normalized spacial score (nSPS) is 10.1. The van der Waals surface area contributed by atoms with Gasteiger partial charge < -0.3 is 9.84 Å². The van der Waals surface area contributed by atoms with E-state index in [4.69, 9.17) is 5.11 Å². The van der Waals surface area contributed by atoms with Gasteiger partial charge in [-0.15, -0.1) is 0 Å². The molecular weight excluding hydrogens is 237 g/mol. The Balaban J connectivity index is 2.49. The van der Waals surface area contributed by atoms with E-state index < -0.39 is 11.8 Å². The molecule has 0 bridgehead atoms. The van der Waals surface area contributed by atoms with E-state index in [-0.39, 0.29) is 16.9 Å². The maximum atomic E-state index is 13.7. The number of ether oxygens (including phenoxy) is 1. The zero-order valence-corrected chi connectivity index (χ0v) is 9.55. The third-order valence-corrected chi connectivity index (χ3v) is 2.41. The summed E-state index contributed by atoms with van der Waals surface area (Å²) in [6.45, 7) is 0. The Labute approximate surface area is 103 Å². The number of pyridine rings is 1. The third kappa shape index (κ3) is 2.29. The summed E-state index contributed by atoms with van der Waals surface area (Å²) in [7, 11) is 1.25. The summed E-state index contributed by atoms with van der Waals surface area (Å²) in [5.74, 6) is -1.06. The number of hydrogen-bond acceptors (Lipinski definition) is 4. The van der Waals surface area contributed by atoms with Crippen molar-refractivity contribution in [2.45, 2.75) is 0 Å². The van der Waals surface area contributed by atoms with Crippen LogP contribution in [0, 0.1) is 5.82 Å². The van der Waals surface area contributed by atoms with E-state index in [9.17, 15) is 9.18 Å². The Kier molecular flexibility index (Phi) is 3.23. The van der Waals surface area contributed by atoms with E-state index in [0.717, 1.165) is 0 Å². The fourth-order valence-corrected chi connectivity index (χ4v) is 1.51. The molecule has 1 heterocycles. The molecule has 0 fully saturated rings. The first-order valence-corrected chi connectivity index (χ1v) is 5.15. The predicted octanol–water partition coefficient (Wildman–Crippen LogP) is 2.38. The van der Waals surface area contributed by atoms with Gasteiger partial charge in [-0.3, -0.25) is 4.98 Å². The van der Waals surface area contributed by atoms with Crippen molar-refractivity contribution >= 4 is 5.97 Å². The van der Waals surface area contributed by atoms with E-state index >= 15 is 0 Å². The van der Waals surface area contributed by atoms with E-state index in [1.807, 2.05) is 0 Å². The van der Waals surface area contributed by atoms with Crippen LogP contribution in [0.3, 0.4) is 0 Å². The second-order valence-corrected chi connectivity index (χ2v) is 3.59. The van der Waals surface area contributed by atoms with Gasteiger partial charge in [-0.05, 0) is 30.3 Å². The van der Waals surface area contributed by atoms with Gasteiger partial charge in [0.25, 0.3) is 0 Å². The van der Waals surface area contributed by atoms with E-state index in [2.05, 4.69) is 9.72 Å². The van der Waals surface area contributed by atoms with Crippen molar-refractivity contribution < 1.29 is 19.0 Å². The zero-order chi connectivity index (χ0) is 13.1. The summed E-state index contributed by atoms with van der Waals surface area (Å²) in [4.78, 5) is 15.3. The van der Waals surface area contributed by atoms with Crippen LogP contribution in [-0.2, 0) is 4.74 Å². The fourth-order valence-electron chi connectivity index (χ4n) is 1.51. The number of rotatable bonds is 2.